The van der Waals surface area contributed by atoms with Crippen molar-refractivity contribution in [3.63, 3.8) is 0 Å². The van der Waals surface area contributed by atoms with Crippen LogP contribution in [0.5, 0.6) is 5.75 Å². The van der Waals surface area contributed by atoms with Crippen molar-refractivity contribution in [1.29, 1.82) is 0 Å². The molecular formula is C24H21ClFN3O3. The number of nitrogens with zero attached hydrogens (tertiary/aromatic N) is 1. The summed E-state index contributed by atoms with van der Waals surface area (Å²) in [6, 6.07) is 18.3. The van der Waals surface area contributed by atoms with Crippen LogP contribution < -0.4 is 15.5 Å². The van der Waals surface area contributed by atoms with Crippen LogP contribution in [0.3, 0.4) is 0 Å². The molecule has 0 spiro atoms. The van der Waals surface area contributed by atoms with E-state index in [0.717, 1.165) is 16.7 Å². The van der Waals surface area contributed by atoms with Crippen LogP contribution in [0.4, 0.5) is 10.1 Å². The van der Waals surface area contributed by atoms with E-state index in [1.165, 1.54) is 18.3 Å². The maximum Gasteiger partial charge on any atom is 0.249 e. The van der Waals surface area contributed by atoms with Gasteiger partial charge in [-0.15, -0.1) is 0 Å². The lowest BCUT2D eigenvalue weighted by molar-refractivity contribution is -0.126. The molecule has 3 aromatic carbocycles. The summed E-state index contributed by atoms with van der Waals surface area (Å²) in [5, 5.41) is 7.00. The molecule has 164 valence electrons. The second kappa shape index (κ2) is 11.1. The van der Waals surface area contributed by atoms with Crippen molar-refractivity contribution in [1.82, 2.24) is 5.43 Å². The summed E-state index contributed by atoms with van der Waals surface area (Å²) in [6.45, 7) is 2.18. The Labute approximate surface area is 190 Å². The van der Waals surface area contributed by atoms with E-state index in [9.17, 15) is 14.0 Å². The van der Waals surface area contributed by atoms with Gasteiger partial charge < -0.3 is 10.1 Å². The summed E-state index contributed by atoms with van der Waals surface area (Å²) in [4.78, 5) is 23.9. The van der Waals surface area contributed by atoms with E-state index >= 15 is 0 Å². The van der Waals surface area contributed by atoms with E-state index in [-0.39, 0.29) is 12.2 Å². The van der Waals surface area contributed by atoms with Gasteiger partial charge in [-0.3, -0.25) is 9.59 Å². The number of aryl methyl sites for hydroxylation is 1. The SMILES string of the molecule is Cc1ccc(NC(=O)CC(=O)NN=Cc2ccc(OCc3ccc(F)cc3)cc2)cc1Cl. The summed E-state index contributed by atoms with van der Waals surface area (Å²) in [7, 11) is 0. The molecule has 0 aliphatic heterocycles. The zero-order chi connectivity index (χ0) is 22.9. The minimum atomic E-state index is -0.545. The van der Waals surface area contributed by atoms with Crippen LogP contribution in [0.2, 0.25) is 5.02 Å². The first-order valence-corrected chi connectivity index (χ1v) is 10.1. The number of halogens is 2. The molecule has 8 heteroatoms. The summed E-state index contributed by atoms with van der Waals surface area (Å²) >= 11 is 6.02. The van der Waals surface area contributed by atoms with Crippen LogP contribution in [0.1, 0.15) is 23.1 Å². The van der Waals surface area contributed by atoms with Gasteiger partial charge in [0, 0.05) is 10.7 Å². The van der Waals surface area contributed by atoms with Gasteiger partial charge in [-0.05, 0) is 72.1 Å². The number of hydrogen-bond acceptors (Lipinski definition) is 4. The fourth-order valence-corrected chi connectivity index (χ4v) is 2.82. The van der Waals surface area contributed by atoms with Gasteiger partial charge in [0.1, 0.15) is 24.6 Å². The molecule has 0 aromatic heterocycles. The highest BCUT2D eigenvalue weighted by atomic mass is 35.5. The van der Waals surface area contributed by atoms with Crippen LogP contribution >= 0.6 is 11.6 Å². The van der Waals surface area contributed by atoms with E-state index in [2.05, 4.69) is 15.8 Å². The van der Waals surface area contributed by atoms with Gasteiger partial charge in [-0.2, -0.15) is 5.10 Å². The Morgan fingerprint density at radius 3 is 2.44 bits per heavy atom. The topological polar surface area (TPSA) is 79.8 Å². The Kier molecular flexibility index (Phi) is 7.94. The van der Waals surface area contributed by atoms with Gasteiger partial charge in [-0.1, -0.05) is 29.8 Å². The highest BCUT2D eigenvalue weighted by molar-refractivity contribution is 6.31. The molecule has 0 unspecified atom stereocenters. The molecule has 3 aromatic rings. The van der Waals surface area contributed by atoms with Crippen molar-refractivity contribution in [3.05, 3.63) is 94.3 Å². The highest BCUT2D eigenvalue weighted by Crippen LogP contribution is 2.20. The monoisotopic (exact) mass is 453 g/mol. The van der Waals surface area contributed by atoms with Gasteiger partial charge in [0.05, 0.1) is 6.21 Å². The van der Waals surface area contributed by atoms with Crippen molar-refractivity contribution in [2.24, 2.45) is 5.10 Å². The number of benzene rings is 3. The van der Waals surface area contributed by atoms with Crippen molar-refractivity contribution >= 4 is 35.3 Å². The Balaban J connectivity index is 1.42. The fraction of sp³-hybridized carbons (Fsp3) is 0.125. The smallest absolute Gasteiger partial charge is 0.249 e. The summed E-state index contributed by atoms with van der Waals surface area (Å²) in [5.74, 6) is -0.666. The maximum atomic E-state index is 12.9. The number of ether oxygens (including phenoxy) is 1. The van der Waals surface area contributed by atoms with Gasteiger partial charge in [0.15, 0.2) is 0 Å². The molecule has 0 bridgehead atoms. The Hall–Kier alpha value is -3.71. The van der Waals surface area contributed by atoms with Gasteiger partial charge in [0.2, 0.25) is 11.8 Å². The van der Waals surface area contributed by atoms with Crippen molar-refractivity contribution in [2.75, 3.05) is 5.32 Å². The number of amides is 2. The number of anilines is 1. The zero-order valence-corrected chi connectivity index (χ0v) is 18.0. The largest absolute Gasteiger partial charge is 0.489 e. The lowest BCUT2D eigenvalue weighted by atomic mass is 10.2. The van der Waals surface area contributed by atoms with E-state index < -0.39 is 11.8 Å². The molecule has 0 saturated carbocycles. The minimum absolute atomic E-state index is 0.290. The molecule has 0 saturated heterocycles. The summed E-state index contributed by atoms with van der Waals surface area (Å²) in [6.07, 6.45) is 1.08. The van der Waals surface area contributed by atoms with E-state index in [1.54, 1.807) is 54.6 Å². The lowest BCUT2D eigenvalue weighted by Crippen LogP contribution is -2.24. The number of nitrogens with one attached hydrogen (secondary N) is 2. The van der Waals surface area contributed by atoms with E-state index in [4.69, 9.17) is 16.3 Å². The third-order valence-electron chi connectivity index (χ3n) is 4.38. The summed E-state index contributed by atoms with van der Waals surface area (Å²) < 4.78 is 18.6. The van der Waals surface area contributed by atoms with E-state index in [1.807, 2.05) is 6.92 Å². The standard InChI is InChI=1S/C24H21ClFN3O3/c1-16-2-9-20(12-22(16)25)28-23(30)13-24(31)29-27-14-17-5-10-21(11-6-17)32-15-18-3-7-19(26)8-4-18/h2-12,14H,13,15H2,1H3,(H,28,30)(H,29,31). The van der Waals surface area contributed by atoms with Gasteiger partial charge in [0.25, 0.3) is 0 Å². The highest BCUT2D eigenvalue weighted by Gasteiger charge is 2.09. The van der Waals surface area contributed by atoms with Crippen LogP contribution in [0.15, 0.2) is 71.8 Å². The van der Waals surface area contributed by atoms with Crippen LogP contribution in [-0.4, -0.2) is 18.0 Å². The molecule has 2 amide bonds. The third-order valence-corrected chi connectivity index (χ3v) is 4.79. The van der Waals surface area contributed by atoms with Crippen molar-refractivity contribution < 1.29 is 18.7 Å². The molecule has 0 aliphatic rings. The Bertz CT molecular complexity index is 1120. The number of hydrogen-bond donors (Lipinski definition) is 2. The molecule has 2 N–H and O–H groups in total. The normalized spacial score (nSPS) is 10.7. The average Bonchev–Trinajstić information content (AvgIpc) is 2.77. The fourth-order valence-electron chi connectivity index (χ4n) is 2.64. The lowest BCUT2D eigenvalue weighted by Gasteiger charge is -2.07. The van der Waals surface area contributed by atoms with Crippen LogP contribution in [0, 0.1) is 12.7 Å². The van der Waals surface area contributed by atoms with Gasteiger partial charge >= 0.3 is 0 Å². The van der Waals surface area contributed by atoms with Gasteiger partial charge in [-0.25, -0.2) is 9.82 Å². The first-order valence-electron chi connectivity index (χ1n) is 9.74. The van der Waals surface area contributed by atoms with E-state index in [0.29, 0.717) is 23.1 Å². The molecular weight excluding hydrogens is 433 g/mol. The minimum Gasteiger partial charge on any atom is -0.489 e. The first kappa shape index (κ1) is 23.0. The number of carbonyl (C=O) groups excluding carboxylic acids is 2. The molecule has 0 atom stereocenters. The number of rotatable bonds is 8. The molecule has 0 fully saturated rings. The quantitative estimate of drug-likeness (QED) is 0.291. The average molecular weight is 454 g/mol. The molecule has 0 aliphatic carbocycles. The maximum absolute atomic E-state index is 12.9. The Morgan fingerprint density at radius 1 is 1.03 bits per heavy atom. The molecule has 3 rings (SSSR count). The number of carbonyl (C=O) groups is 2. The van der Waals surface area contributed by atoms with Crippen molar-refractivity contribution in [3.8, 4) is 5.75 Å². The molecule has 0 heterocycles. The predicted octanol–water partition coefficient (Wildman–Crippen LogP) is 4.85. The number of hydrazone groups is 1. The second-order valence-electron chi connectivity index (χ2n) is 6.97. The Morgan fingerprint density at radius 2 is 1.75 bits per heavy atom. The first-order chi connectivity index (χ1) is 15.4. The third kappa shape index (κ3) is 7.21. The molecule has 32 heavy (non-hydrogen) atoms. The molecule has 0 radical (unpaired) electrons. The van der Waals surface area contributed by atoms with Crippen LogP contribution in [-0.2, 0) is 16.2 Å². The van der Waals surface area contributed by atoms with Crippen LogP contribution in [0.25, 0.3) is 0 Å². The summed E-state index contributed by atoms with van der Waals surface area (Å²) in [5.41, 5.74) is 5.32. The zero-order valence-electron chi connectivity index (χ0n) is 17.3. The second-order valence-corrected chi connectivity index (χ2v) is 7.37. The predicted molar refractivity (Wildman–Crippen MR) is 122 cm³/mol. The van der Waals surface area contributed by atoms with Crippen molar-refractivity contribution in [2.45, 2.75) is 20.0 Å². The molecule has 6 nitrogen and oxygen atoms in total.